The second kappa shape index (κ2) is 23.9. The first-order valence-electron chi connectivity index (χ1n) is 31.4. The lowest BCUT2D eigenvalue weighted by atomic mass is 10.2. The molecule has 11 unspecified atom stereocenters. The van der Waals surface area contributed by atoms with Gasteiger partial charge < -0.3 is 68.4 Å². The summed E-state index contributed by atoms with van der Waals surface area (Å²) in [5.41, 5.74) is 2.42. The van der Waals surface area contributed by atoms with Crippen molar-refractivity contribution in [2.24, 2.45) is 0 Å². The number of aromatic hydroxyl groups is 2. The van der Waals surface area contributed by atoms with Crippen LogP contribution < -0.4 is 36.3 Å². The molecule has 7 fully saturated rings. The lowest BCUT2D eigenvalue weighted by Crippen LogP contribution is -2.92. The minimum Gasteiger partial charge on any atom is -0.508 e. The molecule has 0 aromatic heterocycles. The van der Waals surface area contributed by atoms with Crippen LogP contribution in [0.15, 0.2) is 291 Å². The van der Waals surface area contributed by atoms with E-state index in [1.165, 1.54) is 0 Å². The van der Waals surface area contributed by atoms with Crippen molar-refractivity contribution in [2.75, 3.05) is 6.23 Å². The zero-order valence-electron chi connectivity index (χ0n) is 51.4. The van der Waals surface area contributed by atoms with Gasteiger partial charge in [0.1, 0.15) is 11.5 Å². The molecule has 8 bridgehead atoms. The van der Waals surface area contributed by atoms with E-state index < -0.39 is 91.9 Å². The van der Waals surface area contributed by atoms with Gasteiger partial charge in [0.05, 0.1) is 6.23 Å². The van der Waals surface area contributed by atoms with Crippen LogP contribution in [0.3, 0.4) is 0 Å². The van der Waals surface area contributed by atoms with Crippen LogP contribution in [0.4, 0.5) is 0 Å². The van der Waals surface area contributed by atoms with Crippen molar-refractivity contribution in [1.82, 2.24) is 0 Å². The van der Waals surface area contributed by atoms with Crippen molar-refractivity contribution < 1.29 is 68.4 Å². The van der Waals surface area contributed by atoms with E-state index in [1.807, 2.05) is 280 Å². The largest absolute Gasteiger partial charge is 0.520 e. The van der Waals surface area contributed by atoms with E-state index in [2.05, 4.69) is 0 Å². The van der Waals surface area contributed by atoms with E-state index in [-0.39, 0.29) is 29.8 Å². The summed E-state index contributed by atoms with van der Waals surface area (Å²) in [4.78, 5) is -2.04. The van der Waals surface area contributed by atoms with E-state index in [9.17, 15) is 10.2 Å². The molecule has 0 amide bonds. The molecule has 17 rings (SSSR count). The van der Waals surface area contributed by atoms with Gasteiger partial charge in [-0.1, -0.05) is 267 Å². The highest BCUT2D eigenvalue weighted by Crippen LogP contribution is 2.60. The summed E-state index contributed by atoms with van der Waals surface area (Å²) in [6.07, 6.45) is 0.501. The second-order valence-electron chi connectivity index (χ2n) is 24.5. The second-order valence-corrected chi connectivity index (χ2v) is 56.0. The average Bonchev–Trinajstić information content (AvgIpc) is 1.43. The number of hydrogen-bond donors (Lipinski definition) is 2. The van der Waals surface area contributed by atoms with Crippen molar-refractivity contribution in [1.29, 1.82) is 0 Å². The molecule has 26 heteroatoms. The van der Waals surface area contributed by atoms with Crippen molar-refractivity contribution in [3.05, 3.63) is 308 Å². The van der Waals surface area contributed by atoms with Gasteiger partial charge in [-0.3, -0.25) is 0 Å². The van der Waals surface area contributed by atoms with Crippen LogP contribution in [-0.2, 0) is 75.9 Å². The molecule has 10 aromatic carbocycles. The minimum absolute atomic E-state index is 0.138. The molecule has 0 saturated carbocycles. The van der Waals surface area contributed by atoms with E-state index in [4.69, 9.17) is 58.2 Å². The monoisotopic (exact) mass is 1420 g/mol. The first-order chi connectivity index (χ1) is 45.7. The summed E-state index contributed by atoms with van der Waals surface area (Å²) in [6, 6.07) is 93.9. The fourth-order valence-electron chi connectivity index (χ4n) is 13.7. The number of phenols is 2. The molecule has 0 radical (unpaired) electrons. The standard InChI is InChI=1S/C68H66O16Si10/c1-85(53-51-56-43-47-59(69)48-44-56)73-89(62-31-15-5-16-32-62)71-55-87-68(58-27-11-3-12-28-58)72-90(77-87,63-33-17-6-18-34-63)74-86(2,54-52-57-45-49-60(70)50-46-57)76-92(65-37-21-8-22-38-65)82-93(78-87,66-39-23-9-24-40-66)81-91(75-85,64-35-19-7-20-36-64)83-94(84-92,67-41-25-10-26-42-67)80-88(68,79-89)61-29-13-4-14-30-61/h3-50,69-70H,51-55H2,1-2H3. The number of fused-ring (bicyclic) bond motifs is 2. The Morgan fingerprint density at radius 3 is 0.979 bits per heavy atom. The third-order valence-electron chi connectivity index (χ3n) is 18.1. The number of hydrogen-bond acceptors (Lipinski definition) is 16. The van der Waals surface area contributed by atoms with Gasteiger partial charge in [-0.2, -0.15) is 0 Å². The fourth-order valence-corrected chi connectivity index (χ4v) is 74.7. The molecule has 1 spiro atoms. The Morgan fingerprint density at radius 1 is 0.298 bits per heavy atom. The van der Waals surface area contributed by atoms with E-state index in [0.29, 0.717) is 54.7 Å². The first kappa shape index (κ1) is 62.2. The summed E-state index contributed by atoms with van der Waals surface area (Å²) >= 11 is 0. The lowest BCUT2D eigenvalue weighted by Gasteiger charge is -2.59. The maximum absolute atomic E-state index is 10.7. The van der Waals surface area contributed by atoms with Gasteiger partial charge in [0.2, 0.25) is 0 Å². The van der Waals surface area contributed by atoms with E-state index in [0.717, 1.165) is 11.1 Å². The molecule has 16 nitrogen and oxygen atoms in total. The maximum Gasteiger partial charge on any atom is 0.520 e. The summed E-state index contributed by atoms with van der Waals surface area (Å²) in [5.74, 6) is 0.277. The summed E-state index contributed by atoms with van der Waals surface area (Å²) in [6.45, 7) is 4.08. The third kappa shape index (κ3) is 10.5. The molecule has 7 aliphatic rings. The molecule has 2 N–H and O–H groups in total. The Balaban J connectivity index is 1.14. The smallest absolute Gasteiger partial charge is 0.508 e. The molecular formula is C68H66O16Si10. The number of aryl methyl sites for hydroxylation is 2. The molecule has 7 aliphatic heterocycles. The molecular weight excluding hydrogens is 1350 g/mol. The van der Waals surface area contributed by atoms with Crippen LogP contribution in [0.5, 0.6) is 11.5 Å². The molecule has 94 heavy (non-hydrogen) atoms. The number of phenolic OH excluding ortho intramolecular Hbond substituents is 2. The van der Waals surface area contributed by atoms with E-state index in [1.54, 1.807) is 24.3 Å². The van der Waals surface area contributed by atoms with Gasteiger partial charge in [-0.05, 0) is 84.2 Å². The van der Waals surface area contributed by atoms with Crippen LogP contribution >= 0.6 is 0 Å². The first-order valence-corrected chi connectivity index (χ1v) is 50.7. The topological polar surface area (TPSA) is 170 Å². The Bertz CT molecular complexity index is 4200. The lowest BCUT2D eigenvalue weighted by molar-refractivity contribution is 0.0650. The molecule has 7 heterocycles. The Morgan fingerprint density at radius 2 is 0.585 bits per heavy atom. The van der Waals surface area contributed by atoms with Gasteiger partial charge in [0, 0.05) is 31.1 Å². The quantitative estimate of drug-likeness (QED) is 0.101. The predicted octanol–water partition coefficient (Wildman–Crippen LogP) is 7.72. The van der Waals surface area contributed by atoms with Crippen LogP contribution in [-0.4, -0.2) is 104 Å². The minimum atomic E-state index is -5.34. The highest BCUT2D eigenvalue weighted by atomic mass is 28.6. The summed E-state index contributed by atoms with van der Waals surface area (Å²) in [5, 5.41) is 25.3. The number of benzene rings is 10. The third-order valence-corrected chi connectivity index (χ3v) is 64.0. The molecule has 7 saturated heterocycles. The average molecular weight is 1420 g/mol. The molecule has 0 aliphatic carbocycles. The Labute approximate surface area is 556 Å². The molecule has 10 aromatic rings. The maximum atomic E-state index is 10.7. The van der Waals surface area contributed by atoms with Gasteiger partial charge in [-0.25, -0.2) is 0 Å². The Kier molecular flexibility index (Phi) is 15.8. The normalized spacial score (nSPS) is 33.3. The Hall–Kier alpha value is -6.59. The fraction of sp³-hybridized carbons (Fsp3) is 0.118. The SMILES string of the molecule is C[Si]1(CCc2ccc(O)cc2)O[Si]2(c3ccccc3)O[Si]3(c4ccccc4)O[Si]4(c5ccccc5)O[Si](C)(CCc5ccc(O)cc5)O[Si]5(c6ccccc6)OC[Si]6(O[Si](c7ccccc7)(OC6(c6ccccc6)[Si](c6ccccc6)(O5)O[Si](c5ccccc5)(O2)O4)O1)O3. The zero-order valence-corrected chi connectivity index (χ0v) is 61.4. The van der Waals surface area contributed by atoms with Crippen LogP contribution in [0.25, 0.3) is 0 Å². The zero-order chi connectivity index (χ0) is 63.8. The van der Waals surface area contributed by atoms with Crippen LogP contribution in [0, 0.1) is 0 Å². The summed E-state index contributed by atoms with van der Waals surface area (Å²) < 4.78 is 122. The number of rotatable bonds is 14. The van der Waals surface area contributed by atoms with E-state index >= 15 is 0 Å². The van der Waals surface area contributed by atoms with Crippen molar-refractivity contribution in [3.8, 4) is 11.5 Å². The summed E-state index contributed by atoms with van der Waals surface area (Å²) in [7, 11) is -49.3. The van der Waals surface area contributed by atoms with Crippen LogP contribution in [0.1, 0.15) is 16.7 Å². The molecule has 11 atom stereocenters. The van der Waals surface area contributed by atoms with Crippen molar-refractivity contribution in [3.63, 3.8) is 0 Å². The predicted molar refractivity (Wildman–Crippen MR) is 373 cm³/mol. The molecule has 474 valence electrons. The van der Waals surface area contributed by atoms with Crippen molar-refractivity contribution >= 4 is 123 Å². The van der Waals surface area contributed by atoms with Gasteiger partial charge in [-0.15, -0.1) is 0 Å². The highest BCUT2D eigenvalue weighted by molar-refractivity contribution is 7.15. The highest BCUT2D eigenvalue weighted by Gasteiger charge is 2.93. The van der Waals surface area contributed by atoms with Crippen LogP contribution in [0.2, 0.25) is 25.2 Å². The van der Waals surface area contributed by atoms with Gasteiger partial charge >= 0.3 is 87.1 Å². The van der Waals surface area contributed by atoms with Crippen molar-refractivity contribution in [2.45, 2.75) is 42.9 Å². The van der Waals surface area contributed by atoms with Gasteiger partial charge in [0.15, 0.2) is 4.85 Å². The van der Waals surface area contributed by atoms with Gasteiger partial charge in [0.25, 0.3) is 0 Å².